The predicted molar refractivity (Wildman–Crippen MR) is 90.2 cm³/mol. The third kappa shape index (κ3) is 2.73. The Labute approximate surface area is 131 Å². The summed E-state index contributed by atoms with van der Waals surface area (Å²) in [5.41, 5.74) is 5.28. The van der Waals surface area contributed by atoms with Gasteiger partial charge in [0.15, 0.2) is 5.78 Å². The van der Waals surface area contributed by atoms with E-state index in [1.807, 2.05) is 49.4 Å². The van der Waals surface area contributed by atoms with Crippen LogP contribution in [0.5, 0.6) is 0 Å². The Morgan fingerprint density at radius 2 is 1.55 bits per heavy atom. The minimum atomic E-state index is 0.112. The highest BCUT2D eigenvalue weighted by Crippen LogP contribution is 2.27. The predicted octanol–water partition coefficient (Wildman–Crippen LogP) is 4.71. The van der Waals surface area contributed by atoms with E-state index < -0.39 is 0 Å². The number of carbonyl (C=O) groups excluding carboxylic acids is 1. The minimum absolute atomic E-state index is 0.112. The van der Waals surface area contributed by atoms with Crippen LogP contribution in [0, 0.1) is 6.92 Å². The summed E-state index contributed by atoms with van der Waals surface area (Å²) in [6.45, 7) is 4.42. The number of aromatic nitrogens is 1. The molecule has 0 aliphatic rings. The summed E-state index contributed by atoms with van der Waals surface area (Å²) in [7, 11) is 0. The van der Waals surface area contributed by atoms with Gasteiger partial charge in [-0.1, -0.05) is 60.7 Å². The SMILES string of the molecule is CC(=O)c1cc(-c2ccccc2)n(Cc2ccccc2)c1C. The van der Waals surface area contributed by atoms with E-state index in [-0.39, 0.29) is 5.78 Å². The second-order valence-electron chi connectivity index (χ2n) is 5.52. The summed E-state index contributed by atoms with van der Waals surface area (Å²) in [5, 5.41) is 0. The van der Waals surface area contributed by atoms with Crippen molar-refractivity contribution in [1.82, 2.24) is 4.57 Å². The minimum Gasteiger partial charge on any atom is -0.340 e. The van der Waals surface area contributed by atoms with Gasteiger partial charge in [0.2, 0.25) is 0 Å². The highest BCUT2D eigenvalue weighted by atomic mass is 16.1. The molecule has 2 aromatic carbocycles. The van der Waals surface area contributed by atoms with Crippen LogP contribution in [-0.2, 0) is 6.54 Å². The summed E-state index contributed by atoms with van der Waals surface area (Å²) in [5.74, 6) is 0.112. The first-order valence-electron chi connectivity index (χ1n) is 7.47. The zero-order valence-electron chi connectivity index (χ0n) is 12.9. The summed E-state index contributed by atoms with van der Waals surface area (Å²) in [6, 6.07) is 22.6. The van der Waals surface area contributed by atoms with Crippen LogP contribution in [0.3, 0.4) is 0 Å². The van der Waals surface area contributed by atoms with Gasteiger partial charge in [-0.05, 0) is 31.0 Å². The molecule has 0 N–H and O–H groups in total. The zero-order valence-corrected chi connectivity index (χ0v) is 12.9. The number of hydrogen-bond donors (Lipinski definition) is 0. The molecule has 3 aromatic rings. The van der Waals surface area contributed by atoms with Gasteiger partial charge in [0.05, 0.1) is 0 Å². The molecule has 0 atom stereocenters. The molecule has 0 unspecified atom stereocenters. The molecule has 0 fully saturated rings. The van der Waals surface area contributed by atoms with E-state index >= 15 is 0 Å². The molecule has 0 saturated heterocycles. The largest absolute Gasteiger partial charge is 0.340 e. The highest BCUT2D eigenvalue weighted by Gasteiger charge is 2.16. The van der Waals surface area contributed by atoms with Gasteiger partial charge in [-0.15, -0.1) is 0 Å². The Morgan fingerprint density at radius 1 is 0.955 bits per heavy atom. The molecule has 2 heteroatoms. The summed E-state index contributed by atoms with van der Waals surface area (Å²) in [4.78, 5) is 11.9. The Bertz CT molecular complexity index is 785. The molecule has 110 valence electrons. The molecule has 2 nitrogen and oxygen atoms in total. The van der Waals surface area contributed by atoms with E-state index in [9.17, 15) is 4.79 Å². The monoisotopic (exact) mass is 289 g/mol. The van der Waals surface area contributed by atoms with Crippen LogP contribution in [0.25, 0.3) is 11.3 Å². The van der Waals surface area contributed by atoms with Gasteiger partial charge in [0.25, 0.3) is 0 Å². The van der Waals surface area contributed by atoms with Crippen molar-refractivity contribution in [1.29, 1.82) is 0 Å². The van der Waals surface area contributed by atoms with E-state index in [4.69, 9.17) is 0 Å². The summed E-state index contributed by atoms with van der Waals surface area (Å²) in [6.07, 6.45) is 0. The van der Waals surface area contributed by atoms with Gasteiger partial charge < -0.3 is 4.57 Å². The molecule has 0 radical (unpaired) electrons. The number of benzene rings is 2. The molecular weight excluding hydrogens is 270 g/mol. The van der Waals surface area contributed by atoms with E-state index in [2.05, 4.69) is 28.8 Å². The van der Waals surface area contributed by atoms with Crippen molar-refractivity contribution in [2.75, 3.05) is 0 Å². The number of carbonyl (C=O) groups is 1. The third-order valence-corrected chi connectivity index (χ3v) is 4.00. The fourth-order valence-corrected chi connectivity index (χ4v) is 2.82. The van der Waals surface area contributed by atoms with Crippen LogP contribution in [0.2, 0.25) is 0 Å². The fourth-order valence-electron chi connectivity index (χ4n) is 2.82. The summed E-state index contributed by atoms with van der Waals surface area (Å²) >= 11 is 0. The first-order chi connectivity index (χ1) is 10.7. The van der Waals surface area contributed by atoms with Crippen molar-refractivity contribution in [3.63, 3.8) is 0 Å². The second-order valence-corrected chi connectivity index (χ2v) is 5.52. The van der Waals surface area contributed by atoms with Crippen molar-refractivity contribution >= 4 is 5.78 Å². The lowest BCUT2D eigenvalue weighted by Gasteiger charge is -2.12. The number of rotatable bonds is 4. The standard InChI is InChI=1S/C20H19NO/c1-15-19(16(2)22)13-20(18-11-7-4-8-12-18)21(15)14-17-9-5-3-6-10-17/h3-13H,14H2,1-2H3. The molecule has 0 bridgehead atoms. The van der Waals surface area contributed by atoms with Crippen molar-refractivity contribution in [2.45, 2.75) is 20.4 Å². The number of ketones is 1. The molecule has 1 heterocycles. The fraction of sp³-hybridized carbons (Fsp3) is 0.150. The van der Waals surface area contributed by atoms with Crippen LogP contribution in [0.4, 0.5) is 0 Å². The highest BCUT2D eigenvalue weighted by molar-refractivity contribution is 5.96. The molecule has 0 amide bonds. The lowest BCUT2D eigenvalue weighted by Crippen LogP contribution is -2.05. The van der Waals surface area contributed by atoms with Gasteiger partial charge in [0.1, 0.15) is 0 Å². The molecule has 0 spiro atoms. The lowest BCUT2D eigenvalue weighted by molar-refractivity contribution is 0.101. The normalized spacial score (nSPS) is 10.6. The maximum absolute atomic E-state index is 11.9. The Hall–Kier alpha value is -2.61. The molecule has 1 aromatic heterocycles. The van der Waals surface area contributed by atoms with Crippen LogP contribution in [0.1, 0.15) is 28.5 Å². The van der Waals surface area contributed by atoms with Crippen LogP contribution in [-0.4, -0.2) is 10.4 Å². The molecular formula is C20H19NO. The zero-order chi connectivity index (χ0) is 15.5. The first-order valence-corrected chi connectivity index (χ1v) is 7.47. The van der Waals surface area contributed by atoms with Gasteiger partial charge >= 0.3 is 0 Å². The van der Waals surface area contributed by atoms with Gasteiger partial charge in [-0.2, -0.15) is 0 Å². The Kier molecular flexibility index (Phi) is 3.92. The summed E-state index contributed by atoms with van der Waals surface area (Å²) < 4.78 is 2.22. The van der Waals surface area contributed by atoms with Gasteiger partial charge in [0, 0.05) is 23.5 Å². The van der Waals surface area contributed by atoms with E-state index in [0.29, 0.717) is 0 Å². The topological polar surface area (TPSA) is 22.0 Å². The van der Waals surface area contributed by atoms with Crippen LogP contribution >= 0.6 is 0 Å². The maximum atomic E-state index is 11.9. The lowest BCUT2D eigenvalue weighted by atomic mass is 10.1. The first kappa shape index (κ1) is 14.3. The average Bonchev–Trinajstić information content (AvgIpc) is 2.87. The molecule has 0 aliphatic carbocycles. The Balaban J connectivity index is 2.12. The maximum Gasteiger partial charge on any atom is 0.161 e. The van der Waals surface area contributed by atoms with Crippen molar-refractivity contribution in [2.24, 2.45) is 0 Å². The number of hydrogen-bond acceptors (Lipinski definition) is 1. The molecule has 3 rings (SSSR count). The number of Topliss-reactive ketones (excluding diaryl/α,β-unsaturated/α-hetero) is 1. The van der Waals surface area contributed by atoms with Gasteiger partial charge in [-0.3, -0.25) is 4.79 Å². The van der Waals surface area contributed by atoms with Crippen molar-refractivity contribution in [3.8, 4) is 11.3 Å². The molecule has 22 heavy (non-hydrogen) atoms. The van der Waals surface area contributed by atoms with Crippen molar-refractivity contribution in [3.05, 3.63) is 83.6 Å². The van der Waals surface area contributed by atoms with Gasteiger partial charge in [-0.25, -0.2) is 0 Å². The second kappa shape index (κ2) is 6.02. The molecule has 0 aliphatic heterocycles. The van der Waals surface area contributed by atoms with E-state index in [1.54, 1.807) is 6.92 Å². The third-order valence-electron chi connectivity index (χ3n) is 4.00. The van der Waals surface area contributed by atoms with Crippen molar-refractivity contribution < 1.29 is 4.79 Å². The van der Waals surface area contributed by atoms with Crippen LogP contribution < -0.4 is 0 Å². The van der Waals surface area contributed by atoms with Crippen LogP contribution in [0.15, 0.2) is 66.7 Å². The quantitative estimate of drug-likeness (QED) is 0.637. The van der Waals surface area contributed by atoms with E-state index in [0.717, 1.165) is 29.1 Å². The van der Waals surface area contributed by atoms with E-state index in [1.165, 1.54) is 5.56 Å². The average molecular weight is 289 g/mol. The Morgan fingerprint density at radius 3 is 2.14 bits per heavy atom. The number of nitrogens with zero attached hydrogens (tertiary/aromatic N) is 1. The molecule has 0 saturated carbocycles. The smallest absolute Gasteiger partial charge is 0.161 e.